The van der Waals surface area contributed by atoms with Gasteiger partial charge in [-0.15, -0.1) is 0 Å². The fourth-order valence-electron chi connectivity index (χ4n) is 3.03. The van der Waals surface area contributed by atoms with Gasteiger partial charge in [0.1, 0.15) is 5.75 Å². The van der Waals surface area contributed by atoms with E-state index in [4.69, 9.17) is 27.9 Å². The van der Waals surface area contributed by atoms with Crippen molar-refractivity contribution in [3.05, 3.63) is 51.8 Å². The van der Waals surface area contributed by atoms with E-state index in [0.717, 1.165) is 25.7 Å². The normalized spacial score (nSPS) is 15.7. The Labute approximate surface area is 162 Å². The number of carbonyl (C=O) groups excluding carboxylic acids is 1. The van der Waals surface area contributed by atoms with Crippen molar-refractivity contribution < 1.29 is 14.6 Å². The number of aliphatic hydroxyl groups excluding tert-OH is 1. The minimum absolute atomic E-state index is 0.120. The number of halogens is 2. The third kappa shape index (κ3) is 4.29. The van der Waals surface area contributed by atoms with Crippen molar-refractivity contribution >= 4 is 34.8 Å². The summed E-state index contributed by atoms with van der Waals surface area (Å²) in [5, 5.41) is 13.2. The van der Waals surface area contributed by atoms with Crippen LogP contribution in [-0.2, 0) is 0 Å². The van der Waals surface area contributed by atoms with Gasteiger partial charge in [-0.05, 0) is 44.7 Å². The number of benzene rings is 1. The molecule has 0 spiro atoms. The van der Waals surface area contributed by atoms with Gasteiger partial charge in [0.2, 0.25) is 0 Å². The smallest absolute Gasteiger partial charge is 0.255 e. The molecule has 0 radical (unpaired) electrons. The van der Waals surface area contributed by atoms with Gasteiger partial charge in [-0.1, -0.05) is 29.3 Å². The maximum Gasteiger partial charge on any atom is 0.255 e. The van der Waals surface area contributed by atoms with E-state index in [-0.39, 0.29) is 22.1 Å². The van der Waals surface area contributed by atoms with Crippen LogP contribution in [-0.4, -0.2) is 22.1 Å². The maximum absolute atomic E-state index is 12.6. The fraction of sp³-hybridized carbons (Fsp3) is 0.368. The van der Waals surface area contributed by atoms with Gasteiger partial charge in [0.15, 0.2) is 0 Å². The van der Waals surface area contributed by atoms with Crippen molar-refractivity contribution in [3.8, 4) is 5.75 Å². The average molecular weight is 395 g/mol. The molecule has 1 heterocycles. The molecule has 1 aliphatic carbocycles. The van der Waals surface area contributed by atoms with Crippen LogP contribution in [0.1, 0.15) is 54.6 Å². The summed E-state index contributed by atoms with van der Waals surface area (Å²) in [6.45, 7) is 1.67. The number of aliphatic hydroxyl groups is 1. The SMILES string of the molecule is CC(O)c1ccc(C(=O)Nc2c(Cl)cncc2Cl)cc1OC1CCCC1. The molecule has 1 aromatic heterocycles. The number of anilines is 1. The summed E-state index contributed by atoms with van der Waals surface area (Å²) in [6, 6.07) is 5.00. The number of hydrogen-bond donors (Lipinski definition) is 2. The molecule has 7 heteroatoms. The van der Waals surface area contributed by atoms with Crippen LogP contribution < -0.4 is 10.1 Å². The molecule has 1 unspecified atom stereocenters. The number of rotatable bonds is 5. The van der Waals surface area contributed by atoms with Gasteiger partial charge in [-0.3, -0.25) is 9.78 Å². The quantitative estimate of drug-likeness (QED) is 0.746. The largest absolute Gasteiger partial charge is 0.490 e. The molecule has 5 nitrogen and oxygen atoms in total. The van der Waals surface area contributed by atoms with Crippen molar-refractivity contribution in [3.63, 3.8) is 0 Å². The van der Waals surface area contributed by atoms with Crippen LogP contribution in [0.3, 0.4) is 0 Å². The fourth-order valence-corrected chi connectivity index (χ4v) is 3.48. The number of nitrogens with zero attached hydrogens (tertiary/aromatic N) is 1. The first-order chi connectivity index (χ1) is 12.5. The monoisotopic (exact) mass is 394 g/mol. The van der Waals surface area contributed by atoms with Crippen molar-refractivity contribution in [2.45, 2.75) is 44.8 Å². The van der Waals surface area contributed by atoms with Gasteiger partial charge in [0.25, 0.3) is 5.91 Å². The van der Waals surface area contributed by atoms with E-state index in [1.165, 1.54) is 12.4 Å². The van der Waals surface area contributed by atoms with E-state index in [1.807, 2.05) is 0 Å². The summed E-state index contributed by atoms with van der Waals surface area (Å²) >= 11 is 12.1. The van der Waals surface area contributed by atoms with Gasteiger partial charge in [0, 0.05) is 23.5 Å². The molecule has 1 saturated carbocycles. The Morgan fingerprint density at radius 1 is 1.27 bits per heavy atom. The minimum atomic E-state index is -0.687. The van der Waals surface area contributed by atoms with Crippen molar-refractivity contribution in [1.82, 2.24) is 4.98 Å². The third-order valence-electron chi connectivity index (χ3n) is 4.41. The Morgan fingerprint density at radius 3 is 2.54 bits per heavy atom. The lowest BCUT2D eigenvalue weighted by molar-refractivity contribution is 0.102. The molecular formula is C19H20Cl2N2O3. The number of pyridine rings is 1. The molecule has 1 aromatic carbocycles. The van der Waals surface area contributed by atoms with Gasteiger partial charge in [0.05, 0.1) is 27.9 Å². The second-order valence-corrected chi connectivity index (χ2v) is 7.20. The highest BCUT2D eigenvalue weighted by Crippen LogP contribution is 2.32. The third-order valence-corrected chi connectivity index (χ3v) is 4.99. The van der Waals surface area contributed by atoms with E-state index in [9.17, 15) is 9.90 Å². The molecule has 2 aromatic rings. The first-order valence-electron chi connectivity index (χ1n) is 8.54. The average Bonchev–Trinajstić information content (AvgIpc) is 3.11. The first-order valence-corrected chi connectivity index (χ1v) is 9.30. The first kappa shape index (κ1) is 19.0. The van der Waals surface area contributed by atoms with Gasteiger partial charge >= 0.3 is 0 Å². The van der Waals surface area contributed by atoms with Crippen LogP contribution in [0.4, 0.5) is 5.69 Å². The molecule has 1 aliphatic rings. The molecular weight excluding hydrogens is 375 g/mol. The number of carbonyl (C=O) groups is 1. The molecule has 0 bridgehead atoms. The summed E-state index contributed by atoms with van der Waals surface area (Å²) in [5.41, 5.74) is 1.37. The van der Waals surface area contributed by atoms with Crippen LogP contribution in [0.25, 0.3) is 0 Å². The minimum Gasteiger partial charge on any atom is -0.490 e. The number of aromatic nitrogens is 1. The van der Waals surface area contributed by atoms with Crippen LogP contribution >= 0.6 is 23.2 Å². The molecule has 0 saturated heterocycles. The van der Waals surface area contributed by atoms with E-state index >= 15 is 0 Å². The zero-order valence-electron chi connectivity index (χ0n) is 14.3. The highest BCUT2D eigenvalue weighted by Gasteiger charge is 2.21. The molecule has 2 N–H and O–H groups in total. The molecule has 3 rings (SSSR count). The van der Waals surface area contributed by atoms with E-state index in [1.54, 1.807) is 25.1 Å². The Morgan fingerprint density at radius 2 is 1.92 bits per heavy atom. The van der Waals surface area contributed by atoms with Crippen LogP contribution in [0.2, 0.25) is 10.0 Å². The van der Waals surface area contributed by atoms with Crippen LogP contribution in [0.5, 0.6) is 5.75 Å². The van der Waals surface area contributed by atoms with Crippen molar-refractivity contribution in [2.75, 3.05) is 5.32 Å². The highest BCUT2D eigenvalue weighted by molar-refractivity contribution is 6.39. The number of amides is 1. The lowest BCUT2D eigenvalue weighted by Gasteiger charge is -2.19. The van der Waals surface area contributed by atoms with Gasteiger partial charge in [-0.2, -0.15) is 0 Å². The van der Waals surface area contributed by atoms with E-state index in [2.05, 4.69) is 10.3 Å². The van der Waals surface area contributed by atoms with E-state index in [0.29, 0.717) is 22.6 Å². The predicted molar refractivity (Wildman–Crippen MR) is 102 cm³/mol. The Kier molecular flexibility index (Phi) is 6.01. The van der Waals surface area contributed by atoms with Crippen LogP contribution in [0.15, 0.2) is 30.6 Å². The standard InChI is InChI=1S/C19H20Cl2N2O3/c1-11(24)14-7-6-12(8-17(14)26-13-4-2-3-5-13)19(25)23-18-15(20)9-22-10-16(18)21/h6-11,13,24H,2-5H2,1H3,(H,22,23,25). The zero-order valence-corrected chi connectivity index (χ0v) is 15.8. The molecule has 1 amide bonds. The molecule has 1 atom stereocenters. The maximum atomic E-state index is 12.6. The van der Waals surface area contributed by atoms with Crippen molar-refractivity contribution in [2.24, 2.45) is 0 Å². The second kappa shape index (κ2) is 8.25. The summed E-state index contributed by atoms with van der Waals surface area (Å²) in [6.07, 6.45) is 6.49. The second-order valence-electron chi connectivity index (χ2n) is 6.39. The summed E-state index contributed by atoms with van der Waals surface area (Å²) in [7, 11) is 0. The summed E-state index contributed by atoms with van der Waals surface area (Å²) in [5.74, 6) is 0.167. The molecule has 138 valence electrons. The highest BCUT2D eigenvalue weighted by atomic mass is 35.5. The molecule has 26 heavy (non-hydrogen) atoms. The Bertz CT molecular complexity index is 785. The van der Waals surface area contributed by atoms with Crippen LogP contribution in [0, 0.1) is 0 Å². The number of nitrogens with one attached hydrogen (secondary N) is 1. The van der Waals surface area contributed by atoms with Crippen molar-refractivity contribution in [1.29, 1.82) is 0 Å². The number of hydrogen-bond acceptors (Lipinski definition) is 4. The zero-order chi connectivity index (χ0) is 18.7. The topological polar surface area (TPSA) is 71.5 Å². The van der Waals surface area contributed by atoms with Gasteiger partial charge in [-0.25, -0.2) is 0 Å². The summed E-state index contributed by atoms with van der Waals surface area (Å²) < 4.78 is 6.05. The summed E-state index contributed by atoms with van der Waals surface area (Å²) in [4.78, 5) is 16.5. The Balaban J connectivity index is 1.86. The lowest BCUT2D eigenvalue weighted by atomic mass is 10.1. The molecule has 0 aliphatic heterocycles. The Hall–Kier alpha value is -1.82. The number of ether oxygens (including phenoxy) is 1. The van der Waals surface area contributed by atoms with E-state index < -0.39 is 6.10 Å². The van der Waals surface area contributed by atoms with Gasteiger partial charge < -0.3 is 15.2 Å². The predicted octanol–water partition coefficient (Wildman–Crippen LogP) is 5.02. The molecule has 1 fully saturated rings. The lowest BCUT2D eigenvalue weighted by Crippen LogP contribution is -2.16.